The molecular weight excluding hydrogens is 378 g/mol. The van der Waals surface area contributed by atoms with Crippen LogP contribution in [-0.4, -0.2) is 23.8 Å². The summed E-state index contributed by atoms with van der Waals surface area (Å²) in [7, 11) is 0. The maximum Gasteiger partial charge on any atom is 0.333 e. The van der Waals surface area contributed by atoms with Gasteiger partial charge in [-0.1, -0.05) is 36.9 Å². The number of nitrogens with zero attached hydrogens (tertiary/aromatic N) is 1. The number of pyridine rings is 1. The normalized spacial score (nSPS) is 10.9. The Morgan fingerprint density at radius 2 is 1.80 bits per heavy atom. The van der Waals surface area contributed by atoms with Gasteiger partial charge in [0.25, 0.3) is 5.56 Å². The van der Waals surface area contributed by atoms with Gasteiger partial charge in [-0.05, 0) is 49.9 Å². The summed E-state index contributed by atoms with van der Waals surface area (Å²) in [5.74, 6) is 0.283. The van der Waals surface area contributed by atoms with Crippen molar-refractivity contribution in [3.63, 3.8) is 0 Å². The van der Waals surface area contributed by atoms with Gasteiger partial charge in [0.15, 0.2) is 0 Å². The number of benzene rings is 2. The number of aromatic nitrogens is 1. The van der Waals surface area contributed by atoms with E-state index < -0.39 is 5.97 Å². The highest BCUT2D eigenvalue weighted by atomic mass is 16.5. The summed E-state index contributed by atoms with van der Waals surface area (Å²) in [6.45, 7) is 9.85. The van der Waals surface area contributed by atoms with E-state index in [0.717, 1.165) is 16.5 Å². The Balaban J connectivity index is 1.83. The molecule has 0 bridgehead atoms. The lowest BCUT2D eigenvalue weighted by molar-refractivity contribution is -0.139. The summed E-state index contributed by atoms with van der Waals surface area (Å²) in [6, 6.07) is 17.4. The molecule has 0 amide bonds. The van der Waals surface area contributed by atoms with Gasteiger partial charge in [0.05, 0.1) is 18.7 Å². The molecule has 0 aliphatic rings. The van der Waals surface area contributed by atoms with Crippen LogP contribution >= 0.6 is 0 Å². The molecule has 0 atom stereocenters. The molecule has 0 unspecified atom stereocenters. The van der Waals surface area contributed by atoms with Gasteiger partial charge in [-0.3, -0.25) is 4.79 Å². The summed E-state index contributed by atoms with van der Waals surface area (Å²) in [6.07, 6.45) is 0.570. The SMILES string of the molecule is C=C(C)C(=O)OCCCOc1ccc2cc(-c3ccccc3)c(=O)n(C(C)C)c2c1. The van der Waals surface area contributed by atoms with E-state index in [0.29, 0.717) is 29.9 Å². The van der Waals surface area contributed by atoms with Crippen LogP contribution in [0.15, 0.2) is 71.5 Å². The maximum absolute atomic E-state index is 13.2. The van der Waals surface area contributed by atoms with Gasteiger partial charge in [-0.25, -0.2) is 4.79 Å². The Bertz CT molecular complexity index is 1110. The first-order chi connectivity index (χ1) is 14.4. The van der Waals surface area contributed by atoms with Gasteiger partial charge in [-0.2, -0.15) is 0 Å². The molecule has 0 N–H and O–H groups in total. The van der Waals surface area contributed by atoms with Crippen LogP contribution in [0.2, 0.25) is 0 Å². The van der Waals surface area contributed by atoms with E-state index in [1.54, 1.807) is 11.5 Å². The van der Waals surface area contributed by atoms with Gasteiger partial charge >= 0.3 is 5.97 Å². The second-order valence-electron chi connectivity index (χ2n) is 7.53. The van der Waals surface area contributed by atoms with E-state index in [4.69, 9.17) is 9.47 Å². The smallest absolute Gasteiger partial charge is 0.333 e. The maximum atomic E-state index is 13.2. The number of hydrogen-bond donors (Lipinski definition) is 0. The zero-order valence-corrected chi connectivity index (χ0v) is 17.7. The van der Waals surface area contributed by atoms with Crippen molar-refractivity contribution >= 4 is 16.9 Å². The molecule has 30 heavy (non-hydrogen) atoms. The highest BCUT2D eigenvalue weighted by Crippen LogP contribution is 2.26. The molecule has 3 rings (SSSR count). The molecule has 0 fully saturated rings. The lowest BCUT2D eigenvalue weighted by Gasteiger charge is -2.17. The number of rotatable bonds is 8. The largest absolute Gasteiger partial charge is 0.493 e. The van der Waals surface area contributed by atoms with Crippen molar-refractivity contribution in [3.8, 4) is 16.9 Å². The van der Waals surface area contributed by atoms with Crippen molar-refractivity contribution in [2.75, 3.05) is 13.2 Å². The molecule has 156 valence electrons. The number of esters is 1. The Morgan fingerprint density at radius 3 is 2.47 bits per heavy atom. The van der Waals surface area contributed by atoms with Crippen LogP contribution in [0.1, 0.15) is 33.2 Å². The molecule has 0 saturated heterocycles. The summed E-state index contributed by atoms with van der Waals surface area (Å²) >= 11 is 0. The highest BCUT2D eigenvalue weighted by molar-refractivity contribution is 5.87. The summed E-state index contributed by atoms with van der Waals surface area (Å²) in [5, 5.41) is 0.977. The quantitative estimate of drug-likeness (QED) is 0.296. The topological polar surface area (TPSA) is 57.5 Å². The van der Waals surface area contributed by atoms with Crippen molar-refractivity contribution in [1.29, 1.82) is 0 Å². The van der Waals surface area contributed by atoms with E-state index in [9.17, 15) is 9.59 Å². The molecule has 1 aromatic heterocycles. The highest BCUT2D eigenvalue weighted by Gasteiger charge is 2.14. The van der Waals surface area contributed by atoms with Crippen LogP contribution in [-0.2, 0) is 9.53 Å². The predicted molar refractivity (Wildman–Crippen MR) is 120 cm³/mol. The van der Waals surface area contributed by atoms with Crippen molar-refractivity contribution in [3.05, 3.63) is 77.1 Å². The van der Waals surface area contributed by atoms with E-state index >= 15 is 0 Å². The van der Waals surface area contributed by atoms with Crippen LogP contribution < -0.4 is 10.3 Å². The van der Waals surface area contributed by atoms with Crippen molar-refractivity contribution in [1.82, 2.24) is 4.57 Å². The minimum atomic E-state index is -0.393. The molecule has 0 radical (unpaired) electrons. The third-order valence-corrected chi connectivity index (χ3v) is 4.75. The van der Waals surface area contributed by atoms with E-state index in [1.165, 1.54) is 0 Å². The fourth-order valence-corrected chi connectivity index (χ4v) is 3.27. The first-order valence-electron chi connectivity index (χ1n) is 10.1. The fourth-order valence-electron chi connectivity index (χ4n) is 3.27. The van der Waals surface area contributed by atoms with Crippen LogP contribution in [0.25, 0.3) is 22.0 Å². The zero-order valence-electron chi connectivity index (χ0n) is 17.7. The predicted octanol–water partition coefficient (Wildman–Crippen LogP) is 5.14. The van der Waals surface area contributed by atoms with Crippen molar-refractivity contribution in [2.24, 2.45) is 0 Å². The fraction of sp³-hybridized carbons (Fsp3) is 0.280. The van der Waals surface area contributed by atoms with Gasteiger partial charge < -0.3 is 14.0 Å². The number of ether oxygens (including phenoxy) is 2. The summed E-state index contributed by atoms with van der Waals surface area (Å²) in [5.41, 5.74) is 2.79. The van der Waals surface area contributed by atoms with Gasteiger partial charge in [-0.15, -0.1) is 0 Å². The molecule has 0 aliphatic heterocycles. The molecule has 1 heterocycles. The molecule has 5 nitrogen and oxygen atoms in total. The Morgan fingerprint density at radius 1 is 1.07 bits per heavy atom. The van der Waals surface area contributed by atoms with Gasteiger partial charge in [0, 0.05) is 29.7 Å². The average molecular weight is 405 g/mol. The zero-order chi connectivity index (χ0) is 21.7. The first-order valence-corrected chi connectivity index (χ1v) is 10.1. The molecular formula is C25H27NO4. The van der Waals surface area contributed by atoms with E-state index in [1.807, 2.05) is 68.4 Å². The Labute approximate surface area is 176 Å². The van der Waals surface area contributed by atoms with Crippen LogP contribution in [0.3, 0.4) is 0 Å². The third-order valence-electron chi connectivity index (χ3n) is 4.75. The monoisotopic (exact) mass is 405 g/mol. The van der Waals surface area contributed by atoms with Gasteiger partial charge in [0.2, 0.25) is 0 Å². The van der Waals surface area contributed by atoms with E-state index in [-0.39, 0.29) is 18.2 Å². The van der Waals surface area contributed by atoms with Crippen LogP contribution in [0, 0.1) is 0 Å². The number of fused-ring (bicyclic) bond motifs is 1. The van der Waals surface area contributed by atoms with Crippen LogP contribution in [0.4, 0.5) is 0 Å². The Hall–Kier alpha value is -3.34. The van der Waals surface area contributed by atoms with Gasteiger partial charge in [0.1, 0.15) is 5.75 Å². The van der Waals surface area contributed by atoms with Crippen molar-refractivity contribution in [2.45, 2.75) is 33.2 Å². The molecule has 0 aliphatic carbocycles. The average Bonchev–Trinajstić information content (AvgIpc) is 2.73. The molecule has 3 aromatic rings. The number of hydrogen-bond acceptors (Lipinski definition) is 4. The van der Waals surface area contributed by atoms with Crippen molar-refractivity contribution < 1.29 is 14.3 Å². The summed E-state index contributed by atoms with van der Waals surface area (Å²) in [4.78, 5) is 24.6. The molecule has 0 spiro atoms. The number of carbonyl (C=O) groups is 1. The summed E-state index contributed by atoms with van der Waals surface area (Å²) < 4.78 is 12.7. The minimum absolute atomic E-state index is 0.000433. The lowest BCUT2D eigenvalue weighted by atomic mass is 10.0. The third kappa shape index (κ3) is 4.79. The lowest BCUT2D eigenvalue weighted by Crippen LogP contribution is -2.23. The molecule has 2 aromatic carbocycles. The standard InChI is InChI=1S/C25H27NO4/c1-17(2)25(28)30-14-8-13-29-21-12-11-20-15-22(19-9-6-5-7-10-19)24(27)26(18(3)4)23(20)16-21/h5-7,9-12,15-16,18H,1,8,13-14H2,2-4H3. The Kier molecular flexibility index (Phi) is 6.72. The molecule has 0 saturated carbocycles. The molecule has 5 heteroatoms. The second-order valence-corrected chi connectivity index (χ2v) is 7.53. The second kappa shape index (κ2) is 9.44. The minimum Gasteiger partial charge on any atom is -0.493 e. The van der Waals surface area contributed by atoms with E-state index in [2.05, 4.69) is 6.58 Å². The van der Waals surface area contributed by atoms with Crippen LogP contribution in [0.5, 0.6) is 5.75 Å². The number of carbonyl (C=O) groups excluding carboxylic acids is 1. The first kappa shape index (κ1) is 21.4.